The first-order valence-corrected chi connectivity index (χ1v) is 7.66. The van der Waals surface area contributed by atoms with Gasteiger partial charge in [0.2, 0.25) is 11.8 Å². The van der Waals surface area contributed by atoms with Crippen LogP contribution in [0.5, 0.6) is 0 Å². The zero-order valence-electron chi connectivity index (χ0n) is 12.8. The Balaban J connectivity index is 2.27. The Morgan fingerprint density at radius 3 is 2.52 bits per heavy atom. The van der Waals surface area contributed by atoms with Crippen molar-refractivity contribution in [1.29, 1.82) is 0 Å². The molecule has 1 heterocycles. The van der Waals surface area contributed by atoms with Crippen molar-refractivity contribution in [2.24, 2.45) is 5.73 Å². The Labute approximate surface area is 126 Å². The van der Waals surface area contributed by atoms with E-state index in [0.717, 1.165) is 24.8 Å². The zero-order valence-corrected chi connectivity index (χ0v) is 12.8. The highest BCUT2D eigenvalue weighted by Gasteiger charge is 2.50. The lowest BCUT2D eigenvalue weighted by molar-refractivity contribution is -0.142. The molecule has 0 bridgehead atoms. The minimum absolute atomic E-state index is 0.0992. The van der Waals surface area contributed by atoms with Crippen LogP contribution < -0.4 is 5.73 Å². The van der Waals surface area contributed by atoms with Gasteiger partial charge in [0.1, 0.15) is 0 Å². The van der Waals surface area contributed by atoms with E-state index in [1.54, 1.807) is 0 Å². The van der Waals surface area contributed by atoms with E-state index in [1.807, 2.05) is 37.3 Å². The molecule has 1 aromatic carbocycles. The maximum absolute atomic E-state index is 12.9. The van der Waals surface area contributed by atoms with Gasteiger partial charge in [-0.3, -0.25) is 14.5 Å². The summed E-state index contributed by atoms with van der Waals surface area (Å²) in [6, 6.07) is 9.37. The Morgan fingerprint density at radius 1 is 1.29 bits per heavy atom. The quantitative estimate of drug-likeness (QED) is 0.816. The fourth-order valence-corrected chi connectivity index (χ4v) is 3.04. The van der Waals surface area contributed by atoms with Crippen LogP contribution in [0.25, 0.3) is 0 Å². The number of nitrogens with two attached hydrogens (primary N) is 1. The maximum atomic E-state index is 12.9. The van der Waals surface area contributed by atoms with Gasteiger partial charge in [0.15, 0.2) is 0 Å². The summed E-state index contributed by atoms with van der Waals surface area (Å²) in [7, 11) is 0. The van der Waals surface area contributed by atoms with Crippen LogP contribution in [0.2, 0.25) is 0 Å². The van der Waals surface area contributed by atoms with Gasteiger partial charge < -0.3 is 5.73 Å². The highest BCUT2D eigenvalue weighted by atomic mass is 16.2. The van der Waals surface area contributed by atoms with Crippen LogP contribution in [-0.4, -0.2) is 29.3 Å². The molecule has 1 aromatic rings. The van der Waals surface area contributed by atoms with Crippen LogP contribution in [0.15, 0.2) is 30.3 Å². The number of carbonyl (C=O) groups excluding carboxylic acids is 2. The number of carbonyl (C=O) groups is 2. The first kappa shape index (κ1) is 15.7. The van der Waals surface area contributed by atoms with E-state index in [4.69, 9.17) is 5.73 Å². The van der Waals surface area contributed by atoms with Gasteiger partial charge in [-0.1, -0.05) is 50.1 Å². The van der Waals surface area contributed by atoms with Crippen molar-refractivity contribution in [2.75, 3.05) is 6.54 Å². The molecule has 1 aliphatic rings. The van der Waals surface area contributed by atoms with Crippen LogP contribution in [0.1, 0.15) is 45.1 Å². The third kappa shape index (κ3) is 2.86. The summed E-state index contributed by atoms with van der Waals surface area (Å²) in [6.45, 7) is 4.29. The molecular formula is C17H24N2O2. The summed E-state index contributed by atoms with van der Waals surface area (Å²) >= 11 is 0. The van der Waals surface area contributed by atoms with Gasteiger partial charge in [0, 0.05) is 13.0 Å². The molecule has 1 fully saturated rings. The SMILES string of the molecule is CCCCC(CN)N1C(=O)CC(C)(c2ccccc2)C1=O. The molecule has 0 saturated carbocycles. The summed E-state index contributed by atoms with van der Waals surface area (Å²) in [5.74, 6) is -0.205. The normalized spacial score (nSPS) is 23.7. The summed E-state index contributed by atoms with van der Waals surface area (Å²) in [4.78, 5) is 26.7. The van der Waals surface area contributed by atoms with Gasteiger partial charge in [-0.2, -0.15) is 0 Å². The summed E-state index contributed by atoms with van der Waals surface area (Å²) in [6.07, 6.45) is 3.03. The van der Waals surface area contributed by atoms with Gasteiger partial charge in [0.25, 0.3) is 0 Å². The highest BCUT2D eigenvalue weighted by molar-refractivity contribution is 6.09. The summed E-state index contributed by atoms with van der Waals surface area (Å²) < 4.78 is 0. The average Bonchev–Trinajstić information content (AvgIpc) is 2.73. The van der Waals surface area contributed by atoms with E-state index in [-0.39, 0.29) is 24.3 Å². The number of benzene rings is 1. The third-order valence-corrected chi connectivity index (χ3v) is 4.40. The number of imide groups is 1. The van der Waals surface area contributed by atoms with Crippen LogP contribution in [0.4, 0.5) is 0 Å². The Kier molecular flexibility index (Phi) is 4.78. The van der Waals surface area contributed by atoms with Gasteiger partial charge in [-0.15, -0.1) is 0 Å². The minimum atomic E-state index is -0.752. The van der Waals surface area contributed by atoms with Crippen LogP contribution in [-0.2, 0) is 15.0 Å². The predicted molar refractivity (Wildman–Crippen MR) is 82.6 cm³/mol. The largest absolute Gasteiger partial charge is 0.328 e. The summed E-state index contributed by atoms with van der Waals surface area (Å²) in [5, 5.41) is 0. The molecule has 2 amide bonds. The van der Waals surface area contributed by atoms with Crippen molar-refractivity contribution in [3.8, 4) is 0 Å². The fraction of sp³-hybridized carbons (Fsp3) is 0.529. The molecular weight excluding hydrogens is 264 g/mol. The molecule has 0 radical (unpaired) electrons. The minimum Gasteiger partial charge on any atom is -0.328 e. The highest BCUT2D eigenvalue weighted by Crippen LogP contribution is 2.37. The molecule has 2 N–H and O–H groups in total. The van der Waals surface area contributed by atoms with Crippen molar-refractivity contribution in [3.05, 3.63) is 35.9 Å². The average molecular weight is 288 g/mol. The van der Waals surface area contributed by atoms with E-state index < -0.39 is 5.41 Å². The molecule has 1 saturated heterocycles. The van der Waals surface area contributed by atoms with Crippen molar-refractivity contribution < 1.29 is 9.59 Å². The smallest absolute Gasteiger partial charge is 0.240 e. The van der Waals surface area contributed by atoms with Gasteiger partial charge in [-0.05, 0) is 18.9 Å². The molecule has 1 aliphatic heterocycles. The lowest BCUT2D eigenvalue weighted by Crippen LogP contribution is -2.46. The fourth-order valence-electron chi connectivity index (χ4n) is 3.04. The van der Waals surface area contributed by atoms with Crippen LogP contribution in [0.3, 0.4) is 0 Å². The van der Waals surface area contributed by atoms with E-state index >= 15 is 0 Å². The standard InChI is InChI=1S/C17H24N2O2/c1-3-4-10-14(12-18)19-15(20)11-17(2,16(19)21)13-8-6-5-7-9-13/h5-9,14H,3-4,10-12,18H2,1-2H3. The van der Waals surface area contributed by atoms with E-state index in [0.29, 0.717) is 6.54 Å². The van der Waals surface area contributed by atoms with Crippen molar-refractivity contribution in [1.82, 2.24) is 4.90 Å². The Hall–Kier alpha value is -1.68. The van der Waals surface area contributed by atoms with Crippen molar-refractivity contribution in [2.45, 2.75) is 51.0 Å². The lowest BCUT2D eigenvalue weighted by atomic mass is 9.81. The third-order valence-electron chi connectivity index (χ3n) is 4.40. The number of rotatable bonds is 6. The molecule has 0 aliphatic carbocycles. The van der Waals surface area contributed by atoms with E-state index in [1.165, 1.54) is 4.90 Å². The number of hydrogen-bond donors (Lipinski definition) is 1. The first-order valence-electron chi connectivity index (χ1n) is 7.66. The van der Waals surface area contributed by atoms with Gasteiger partial charge in [-0.25, -0.2) is 0 Å². The molecule has 4 nitrogen and oxygen atoms in total. The Morgan fingerprint density at radius 2 is 1.95 bits per heavy atom. The molecule has 4 heteroatoms. The van der Waals surface area contributed by atoms with Crippen LogP contribution in [0, 0.1) is 0 Å². The van der Waals surface area contributed by atoms with Crippen molar-refractivity contribution >= 4 is 11.8 Å². The monoisotopic (exact) mass is 288 g/mol. The van der Waals surface area contributed by atoms with Gasteiger partial charge in [0.05, 0.1) is 11.5 Å². The molecule has 0 spiro atoms. The summed E-state index contributed by atoms with van der Waals surface area (Å²) in [5.41, 5.74) is 5.95. The van der Waals surface area contributed by atoms with Crippen LogP contribution >= 0.6 is 0 Å². The van der Waals surface area contributed by atoms with E-state index in [9.17, 15) is 9.59 Å². The molecule has 114 valence electrons. The second-order valence-corrected chi connectivity index (χ2v) is 5.98. The van der Waals surface area contributed by atoms with Gasteiger partial charge >= 0.3 is 0 Å². The number of likely N-dealkylation sites (tertiary alicyclic amines) is 1. The molecule has 21 heavy (non-hydrogen) atoms. The zero-order chi connectivity index (χ0) is 15.5. The predicted octanol–water partition coefficient (Wildman–Crippen LogP) is 2.22. The second kappa shape index (κ2) is 6.39. The topological polar surface area (TPSA) is 63.4 Å². The number of amides is 2. The number of unbranched alkanes of at least 4 members (excludes halogenated alkanes) is 1. The number of nitrogens with zero attached hydrogens (tertiary/aromatic N) is 1. The number of hydrogen-bond acceptors (Lipinski definition) is 3. The molecule has 2 unspecified atom stereocenters. The first-order chi connectivity index (χ1) is 10.0. The molecule has 0 aromatic heterocycles. The molecule has 2 atom stereocenters. The second-order valence-electron chi connectivity index (χ2n) is 5.98. The Bertz CT molecular complexity index is 515. The van der Waals surface area contributed by atoms with Crippen molar-refractivity contribution in [3.63, 3.8) is 0 Å². The maximum Gasteiger partial charge on any atom is 0.240 e. The van der Waals surface area contributed by atoms with E-state index in [2.05, 4.69) is 6.92 Å². The lowest BCUT2D eigenvalue weighted by Gasteiger charge is -2.28. The molecule has 2 rings (SSSR count).